The maximum Gasteiger partial charge on any atom is 0.407 e. The van der Waals surface area contributed by atoms with E-state index in [4.69, 9.17) is 14.9 Å². The average Bonchev–Trinajstić information content (AvgIpc) is 2.92. The summed E-state index contributed by atoms with van der Waals surface area (Å²) < 4.78 is 5.05. The van der Waals surface area contributed by atoms with Gasteiger partial charge in [-0.3, -0.25) is 24.0 Å². The molecule has 0 saturated carbocycles. The number of alkyl carbamates (subject to hydrolysis) is 1. The minimum absolute atomic E-state index is 0.0196. The number of benzene rings is 1. The van der Waals surface area contributed by atoms with E-state index < -0.39 is 60.3 Å². The molecule has 1 aromatic rings. The van der Waals surface area contributed by atoms with E-state index in [9.17, 15) is 28.8 Å². The Balaban J connectivity index is 2.83. The summed E-state index contributed by atoms with van der Waals surface area (Å²) in [7, 11) is 0. The number of carboxylic acid groups (broad SMARTS) is 2. The van der Waals surface area contributed by atoms with E-state index in [1.165, 1.54) is 0 Å². The Morgan fingerprint density at radius 3 is 1.88 bits per heavy atom. The maximum absolute atomic E-state index is 13.2. The Morgan fingerprint density at radius 1 is 0.767 bits per heavy atom. The van der Waals surface area contributed by atoms with Crippen molar-refractivity contribution < 1.29 is 43.7 Å². The van der Waals surface area contributed by atoms with Gasteiger partial charge in [-0.05, 0) is 42.2 Å². The number of carboxylic acids is 2. The van der Waals surface area contributed by atoms with Crippen LogP contribution in [0.3, 0.4) is 0 Å². The molecule has 0 aliphatic heterocycles. The van der Waals surface area contributed by atoms with Gasteiger partial charge in [0.2, 0.25) is 17.7 Å². The molecule has 0 fully saturated rings. The van der Waals surface area contributed by atoms with Crippen LogP contribution in [0.15, 0.2) is 24.3 Å². The molecule has 240 valence electrons. The summed E-state index contributed by atoms with van der Waals surface area (Å²) in [5.41, 5.74) is 1.55. The molecular weight excluding hydrogens is 580 g/mol. The Hall–Kier alpha value is -3.81. The highest BCUT2D eigenvalue weighted by atomic mass is 32.1. The van der Waals surface area contributed by atoms with Crippen LogP contribution >= 0.6 is 12.6 Å². The lowest BCUT2D eigenvalue weighted by Gasteiger charge is -2.25. The van der Waals surface area contributed by atoms with Crippen molar-refractivity contribution in [3.8, 4) is 0 Å². The number of nitrogens with one attached hydrogen (secondary N) is 4. The van der Waals surface area contributed by atoms with E-state index in [1.54, 1.807) is 24.3 Å². The predicted molar refractivity (Wildman–Crippen MR) is 162 cm³/mol. The molecule has 13 nitrogen and oxygen atoms in total. The molecule has 0 aliphatic rings. The van der Waals surface area contributed by atoms with Crippen molar-refractivity contribution in [1.82, 2.24) is 21.3 Å². The fraction of sp³-hybridized carbons (Fsp3) is 0.586. The quantitative estimate of drug-likeness (QED) is 0.112. The summed E-state index contributed by atoms with van der Waals surface area (Å²) >= 11 is 4.19. The van der Waals surface area contributed by atoms with Crippen molar-refractivity contribution >= 4 is 48.4 Å². The molecule has 0 bridgehead atoms. The highest BCUT2D eigenvalue weighted by Gasteiger charge is 2.30. The van der Waals surface area contributed by atoms with E-state index in [1.807, 2.05) is 27.7 Å². The van der Waals surface area contributed by atoms with Crippen LogP contribution in [0.2, 0.25) is 0 Å². The van der Waals surface area contributed by atoms with Gasteiger partial charge in [-0.15, -0.1) is 0 Å². The van der Waals surface area contributed by atoms with Gasteiger partial charge in [-0.1, -0.05) is 52.0 Å². The average molecular weight is 625 g/mol. The van der Waals surface area contributed by atoms with Gasteiger partial charge in [0.25, 0.3) is 0 Å². The fourth-order valence-electron chi connectivity index (χ4n) is 3.86. The van der Waals surface area contributed by atoms with Crippen molar-refractivity contribution in [1.29, 1.82) is 0 Å². The first-order chi connectivity index (χ1) is 20.2. The molecule has 14 heteroatoms. The summed E-state index contributed by atoms with van der Waals surface area (Å²) in [4.78, 5) is 73.2. The number of carbonyl (C=O) groups excluding carboxylic acids is 4. The third-order valence-electron chi connectivity index (χ3n) is 6.05. The van der Waals surface area contributed by atoms with Crippen LogP contribution in [0.4, 0.5) is 4.79 Å². The summed E-state index contributed by atoms with van der Waals surface area (Å²) in [6, 6.07) is 3.64. The first-order valence-electron chi connectivity index (χ1n) is 14.2. The Kier molecular flexibility index (Phi) is 16.8. The summed E-state index contributed by atoms with van der Waals surface area (Å²) in [6.07, 6.45) is -0.909. The van der Waals surface area contributed by atoms with E-state index in [2.05, 4.69) is 33.9 Å². The molecule has 0 aliphatic carbocycles. The lowest BCUT2D eigenvalue weighted by Crippen LogP contribution is -2.57. The molecule has 0 saturated heterocycles. The monoisotopic (exact) mass is 624 g/mol. The molecule has 0 radical (unpaired) electrons. The second-order valence-electron chi connectivity index (χ2n) is 11.0. The van der Waals surface area contributed by atoms with Crippen molar-refractivity contribution in [3.05, 3.63) is 35.4 Å². The smallest absolute Gasteiger partial charge is 0.407 e. The Labute approximate surface area is 257 Å². The third-order valence-corrected chi connectivity index (χ3v) is 6.42. The van der Waals surface area contributed by atoms with Gasteiger partial charge in [0.15, 0.2) is 0 Å². The standard InChI is InChI=1S/C29H44N4O9S/c1-17(2)13-22(31-27(39)21(9-10-24(34)35)33-29(41)42-15-18(3)4)28(40)32-23(16-43)26(38)30-12-11-19-5-7-20(8-6-19)14-25(36)37/h5-8,17-18,21-23,43H,9-16H2,1-4H3,(H,30,38)(H,31,39)(H,32,40)(H,33,41)(H,34,35)(H,36,37)/t21-,22-,23-/m0/s1. The summed E-state index contributed by atoms with van der Waals surface area (Å²) in [5, 5.41) is 28.3. The number of hydrogen-bond acceptors (Lipinski definition) is 8. The number of aliphatic carboxylic acids is 2. The van der Waals surface area contributed by atoms with Gasteiger partial charge in [0.1, 0.15) is 18.1 Å². The number of ether oxygens (including phenoxy) is 1. The minimum Gasteiger partial charge on any atom is -0.481 e. The number of amides is 4. The molecule has 0 spiro atoms. The Bertz CT molecular complexity index is 1100. The number of thiol groups is 1. The molecule has 0 heterocycles. The lowest BCUT2D eigenvalue weighted by molar-refractivity contribution is -0.138. The molecular formula is C29H44N4O9S. The number of hydrogen-bond donors (Lipinski definition) is 7. The zero-order valence-corrected chi connectivity index (χ0v) is 25.9. The summed E-state index contributed by atoms with van der Waals surface area (Å²) in [5.74, 6) is -3.97. The number of rotatable bonds is 19. The van der Waals surface area contributed by atoms with Crippen molar-refractivity contribution in [3.63, 3.8) is 0 Å². The van der Waals surface area contributed by atoms with Crippen molar-refractivity contribution in [2.24, 2.45) is 11.8 Å². The topological polar surface area (TPSA) is 200 Å². The molecule has 0 unspecified atom stereocenters. The van der Waals surface area contributed by atoms with Crippen LogP contribution in [-0.2, 0) is 41.6 Å². The lowest BCUT2D eigenvalue weighted by atomic mass is 10.0. The van der Waals surface area contributed by atoms with Crippen LogP contribution in [0, 0.1) is 11.8 Å². The minimum atomic E-state index is -1.26. The molecule has 1 rings (SSSR count). The van der Waals surface area contributed by atoms with E-state index in [-0.39, 0.29) is 50.0 Å². The third kappa shape index (κ3) is 15.8. The van der Waals surface area contributed by atoms with Crippen LogP contribution in [0.25, 0.3) is 0 Å². The van der Waals surface area contributed by atoms with Crippen LogP contribution in [0.1, 0.15) is 58.1 Å². The second-order valence-corrected chi connectivity index (χ2v) is 11.3. The molecule has 4 amide bonds. The first kappa shape index (κ1) is 37.2. The normalized spacial score (nSPS) is 13.0. The SMILES string of the molecule is CC(C)COC(=O)N[C@@H](CCC(=O)O)C(=O)N[C@@H](CC(C)C)C(=O)N[C@@H](CS)C(=O)NCCc1ccc(CC(=O)O)cc1. The van der Waals surface area contributed by atoms with Crippen LogP contribution in [-0.4, -0.2) is 83.0 Å². The van der Waals surface area contributed by atoms with Gasteiger partial charge in [0.05, 0.1) is 13.0 Å². The molecule has 3 atom stereocenters. The largest absolute Gasteiger partial charge is 0.481 e. The van der Waals surface area contributed by atoms with Crippen LogP contribution < -0.4 is 21.3 Å². The molecule has 1 aromatic carbocycles. The second kappa shape index (κ2) is 19.4. The van der Waals surface area contributed by atoms with Crippen LogP contribution in [0.5, 0.6) is 0 Å². The zero-order valence-electron chi connectivity index (χ0n) is 25.1. The summed E-state index contributed by atoms with van der Waals surface area (Å²) in [6.45, 7) is 7.70. The molecule has 0 aromatic heterocycles. The fourth-order valence-corrected chi connectivity index (χ4v) is 4.11. The molecule has 6 N–H and O–H groups in total. The van der Waals surface area contributed by atoms with Gasteiger partial charge < -0.3 is 36.2 Å². The van der Waals surface area contributed by atoms with E-state index in [0.29, 0.717) is 12.0 Å². The predicted octanol–water partition coefficient (Wildman–Crippen LogP) is 1.53. The van der Waals surface area contributed by atoms with E-state index in [0.717, 1.165) is 5.56 Å². The van der Waals surface area contributed by atoms with Crippen molar-refractivity contribution in [2.45, 2.75) is 77.9 Å². The highest BCUT2D eigenvalue weighted by molar-refractivity contribution is 7.80. The number of carbonyl (C=O) groups is 6. The highest BCUT2D eigenvalue weighted by Crippen LogP contribution is 2.09. The van der Waals surface area contributed by atoms with Gasteiger partial charge in [0, 0.05) is 18.7 Å². The Morgan fingerprint density at radius 2 is 1.35 bits per heavy atom. The maximum atomic E-state index is 13.2. The van der Waals surface area contributed by atoms with Gasteiger partial charge >= 0.3 is 18.0 Å². The van der Waals surface area contributed by atoms with Crippen molar-refractivity contribution in [2.75, 3.05) is 18.9 Å². The van der Waals surface area contributed by atoms with Gasteiger partial charge in [-0.25, -0.2) is 4.79 Å². The van der Waals surface area contributed by atoms with Gasteiger partial charge in [-0.2, -0.15) is 12.6 Å². The first-order valence-corrected chi connectivity index (χ1v) is 14.8. The van der Waals surface area contributed by atoms with E-state index >= 15 is 0 Å². The molecule has 43 heavy (non-hydrogen) atoms. The zero-order chi connectivity index (χ0) is 32.5.